The number of anilines is 1. The Kier molecular flexibility index (Phi) is 4.19. The molecule has 0 unspecified atom stereocenters. The molecule has 0 aromatic heterocycles. The van der Waals surface area contributed by atoms with E-state index >= 15 is 0 Å². The first kappa shape index (κ1) is 12.9. The summed E-state index contributed by atoms with van der Waals surface area (Å²) in [5.74, 6) is 0.542. The molecule has 0 spiro atoms. The van der Waals surface area contributed by atoms with Crippen LogP contribution < -0.4 is 10.6 Å². The summed E-state index contributed by atoms with van der Waals surface area (Å²) in [6.07, 6.45) is 0.436. The highest BCUT2D eigenvalue weighted by Gasteiger charge is 2.23. The van der Waals surface area contributed by atoms with Gasteiger partial charge in [0.05, 0.1) is 0 Å². The molecule has 2 rings (SSSR count). The molecule has 6 heteroatoms. The first-order chi connectivity index (χ1) is 8.65. The molecule has 0 aliphatic carbocycles. The number of thioether (sulfide) groups is 1. The lowest BCUT2D eigenvalue weighted by atomic mass is 10.2. The third kappa shape index (κ3) is 3.46. The van der Waals surface area contributed by atoms with Crippen LogP contribution in [-0.4, -0.2) is 29.4 Å². The Hall–Kier alpha value is -1.56. The van der Waals surface area contributed by atoms with Gasteiger partial charge in [-0.05, 0) is 24.3 Å². The maximum atomic E-state index is 12.7. The van der Waals surface area contributed by atoms with Gasteiger partial charge in [-0.1, -0.05) is 0 Å². The molecule has 1 aromatic carbocycles. The molecular formula is C12H13FN2O2S. The fourth-order valence-electron chi connectivity index (χ4n) is 1.58. The van der Waals surface area contributed by atoms with Crippen LogP contribution in [-0.2, 0) is 9.59 Å². The van der Waals surface area contributed by atoms with Gasteiger partial charge in [0, 0.05) is 23.6 Å². The molecule has 0 radical (unpaired) electrons. The second-order valence-electron chi connectivity index (χ2n) is 3.94. The molecule has 2 amide bonds. The zero-order chi connectivity index (χ0) is 13.0. The molecular weight excluding hydrogens is 255 g/mol. The van der Waals surface area contributed by atoms with Crippen molar-refractivity contribution in [3.05, 3.63) is 30.1 Å². The molecule has 1 atom stereocenters. The summed E-state index contributed by atoms with van der Waals surface area (Å²) in [4.78, 5) is 23.3. The zero-order valence-corrected chi connectivity index (χ0v) is 10.4. The lowest BCUT2D eigenvalue weighted by Gasteiger charge is -2.15. The van der Waals surface area contributed by atoms with Crippen molar-refractivity contribution in [3.8, 4) is 0 Å². The van der Waals surface area contributed by atoms with Crippen LogP contribution in [0, 0.1) is 5.82 Å². The lowest BCUT2D eigenvalue weighted by molar-refractivity contribution is -0.125. The van der Waals surface area contributed by atoms with Gasteiger partial charge in [0.1, 0.15) is 11.9 Å². The number of hydrogen-bond acceptors (Lipinski definition) is 3. The van der Waals surface area contributed by atoms with E-state index < -0.39 is 6.04 Å². The number of carbonyl (C=O) groups is 2. The predicted molar refractivity (Wildman–Crippen MR) is 68.9 cm³/mol. The smallest absolute Gasteiger partial charge is 0.247 e. The van der Waals surface area contributed by atoms with Crippen LogP contribution in [0.3, 0.4) is 0 Å². The summed E-state index contributed by atoms with van der Waals surface area (Å²) in [7, 11) is 0. The molecule has 4 nitrogen and oxygen atoms in total. The van der Waals surface area contributed by atoms with Gasteiger partial charge in [-0.25, -0.2) is 4.39 Å². The average molecular weight is 268 g/mol. The Labute approximate surface area is 108 Å². The molecule has 1 saturated heterocycles. The number of nitrogens with one attached hydrogen (secondary N) is 2. The number of carbonyl (C=O) groups excluding carboxylic acids is 2. The largest absolute Gasteiger partial charge is 0.343 e. The van der Waals surface area contributed by atoms with Crippen LogP contribution in [0.5, 0.6) is 0 Å². The summed E-state index contributed by atoms with van der Waals surface area (Å²) in [6.45, 7) is 0. The minimum absolute atomic E-state index is 0.112. The summed E-state index contributed by atoms with van der Waals surface area (Å²) in [6, 6.07) is 4.99. The van der Waals surface area contributed by atoms with E-state index in [0.29, 0.717) is 17.9 Å². The molecule has 1 aromatic rings. The molecule has 0 saturated carbocycles. The Morgan fingerprint density at radius 1 is 1.39 bits per heavy atom. The van der Waals surface area contributed by atoms with E-state index in [0.717, 1.165) is 5.75 Å². The van der Waals surface area contributed by atoms with Gasteiger partial charge >= 0.3 is 0 Å². The predicted octanol–water partition coefficient (Wildman–Crippen LogP) is 1.39. The van der Waals surface area contributed by atoms with E-state index in [1.165, 1.54) is 24.3 Å². The summed E-state index contributed by atoms with van der Waals surface area (Å²) in [5, 5.41) is 5.32. The Bertz CT molecular complexity index is 450. The van der Waals surface area contributed by atoms with Gasteiger partial charge in [0.2, 0.25) is 11.8 Å². The van der Waals surface area contributed by atoms with E-state index in [-0.39, 0.29) is 17.6 Å². The zero-order valence-electron chi connectivity index (χ0n) is 9.61. The van der Waals surface area contributed by atoms with E-state index in [4.69, 9.17) is 0 Å². The number of amides is 2. The van der Waals surface area contributed by atoms with Gasteiger partial charge in [-0.2, -0.15) is 11.8 Å². The maximum Gasteiger partial charge on any atom is 0.247 e. The standard InChI is InChI=1S/C12H13FN2O2S/c13-8-1-3-9(4-2-8)14-12(17)10-7-18-6-5-11(16)15-10/h1-4,10H,5-7H2,(H,14,17)(H,15,16)/t10-/m1/s1. The number of hydrogen-bond donors (Lipinski definition) is 2. The molecule has 1 aliphatic heterocycles. The number of benzene rings is 1. The van der Waals surface area contributed by atoms with Crippen LogP contribution >= 0.6 is 11.8 Å². The van der Waals surface area contributed by atoms with Crippen molar-refractivity contribution in [1.82, 2.24) is 5.32 Å². The fourth-order valence-corrected chi connectivity index (χ4v) is 2.54. The summed E-state index contributed by atoms with van der Waals surface area (Å²) >= 11 is 1.56. The molecule has 1 aliphatic rings. The second kappa shape index (κ2) is 5.86. The molecule has 1 fully saturated rings. The van der Waals surface area contributed by atoms with Gasteiger partial charge in [0.15, 0.2) is 0 Å². The quantitative estimate of drug-likeness (QED) is 0.852. The van der Waals surface area contributed by atoms with Gasteiger partial charge < -0.3 is 10.6 Å². The highest BCUT2D eigenvalue weighted by molar-refractivity contribution is 7.99. The average Bonchev–Trinajstić information content (AvgIpc) is 2.57. The Balaban J connectivity index is 1.98. The first-order valence-corrected chi connectivity index (χ1v) is 6.74. The maximum absolute atomic E-state index is 12.7. The minimum Gasteiger partial charge on any atom is -0.343 e. The molecule has 18 heavy (non-hydrogen) atoms. The topological polar surface area (TPSA) is 58.2 Å². The SMILES string of the molecule is O=C1CCSC[C@H](C(=O)Nc2ccc(F)cc2)N1. The van der Waals surface area contributed by atoms with Crippen LogP contribution in [0.4, 0.5) is 10.1 Å². The van der Waals surface area contributed by atoms with Crippen LogP contribution in [0.1, 0.15) is 6.42 Å². The van der Waals surface area contributed by atoms with E-state index in [1.54, 1.807) is 11.8 Å². The van der Waals surface area contributed by atoms with Crippen LogP contribution in [0.2, 0.25) is 0 Å². The number of rotatable bonds is 2. The van der Waals surface area contributed by atoms with Gasteiger partial charge in [-0.3, -0.25) is 9.59 Å². The van der Waals surface area contributed by atoms with E-state index in [2.05, 4.69) is 10.6 Å². The molecule has 1 heterocycles. The van der Waals surface area contributed by atoms with Crippen molar-refractivity contribution in [2.24, 2.45) is 0 Å². The molecule has 0 bridgehead atoms. The third-order valence-corrected chi connectivity index (χ3v) is 3.58. The van der Waals surface area contributed by atoms with Crippen LogP contribution in [0.25, 0.3) is 0 Å². The van der Waals surface area contributed by atoms with Crippen molar-refractivity contribution < 1.29 is 14.0 Å². The Morgan fingerprint density at radius 2 is 2.11 bits per heavy atom. The van der Waals surface area contributed by atoms with Crippen LogP contribution in [0.15, 0.2) is 24.3 Å². The number of halogens is 1. The highest BCUT2D eigenvalue weighted by atomic mass is 32.2. The van der Waals surface area contributed by atoms with Gasteiger partial charge in [-0.15, -0.1) is 0 Å². The van der Waals surface area contributed by atoms with Crippen molar-refractivity contribution >= 4 is 29.3 Å². The monoisotopic (exact) mass is 268 g/mol. The second-order valence-corrected chi connectivity index (χ2v) is 5.09. The third-order valence-electron chi connectivity index (χ3n) is 2.52. The highest BCUT2D eigenvalue weighted by Crippen LogP contribution is 2.13. The van der Waals surface area contributed by atoms with Gasteiger partial charge in [0.25, 0.3) is 0 Å². The summed E-state index contributed by atoms with van der Waals surface area (Å²) in [5.41, 5.74) is 0.518. The van der Waals surface area contributed by atoms with Crippen molar-refractivity contribution in [2.75, 3.05) is 16.8 Å². The summed E-state index contributed by atoms with van der Waals surface area (Å²) < 4.78 is 12.7. The fraction of sp³-hybridized carbons (Fsp3) is 0.333. The molecule has 2 N–H and O–H groups in total. The normalized spacial score (nSPS) is 19.8. The first-order valence-electron chi connectivity index (χ1n) is 5.59. The van der Waals surface area contributed by atoms with Crippen molar-refractivity contribution in [2.45, 2.75) is 12.5 Å². The Morgan fingerprint density at radius 3 is 2.83 bits per heavy atom. The van der Waals surface area contributed by atoms with E-state index in [1.807, 2.05) is 0 Å². The lowest BCUT2D eigenvalue weighted by Crippen LogP contribution is -2.44. The van der Waals surface area contributed by atoms with Crippen molar-refractivity contribution in [1.29, 1.82) is 0 Å². The van der Waals surface area contributed by atoms with E-state index in [9.17, 15) is 14.0 Å². The minimum atomic E-state index is -0.532. The molecule has 96 valence electrons. The van der Waals surface area contributed by atoms with Crippen molar-refractivity contribution in [3.63, 3.8) is 0 Å².